The third kappa shape index (κ3) is 3.73. The van der Waals surface area contributed by atoms with E-state index in [0.717, 1.165) is 17.5 Å². The van der Waals surface area contributed by atoms with Crippen molar-refractivity contribution in [3.8, 4) is 17.5 Å². The SMILES string of the molecule is CO/N=C(/C(=O)OC)c1c(C)c(C)c(C)c(C)c1Oc1ncnc(OC)c1F. The van der Waals surface area contributed by atoms with Gasteiger partial charge in [0.25, 0.3) is 11.8 Å². The molecular weight excluding hydrogens is 369 g/mol. The van der Waals surface area contributed by atoms with E-state index in [2.05, 4.69) is 15.1 Å². The van der Waals surface area contributed by atoms with E-state index < -0.39 is 11.8 Å². The Morgan fingerprint density at radius 3 is 2.14 bits per heavy atom. The molecule has 0 unspecified atom stereocenters. The molecule has 1 aromatic carbocycles. The molecule has 0 bridgehead atoms. The summed E-state index contributed by atoms with van der Waals surface area (Å²) in [6, 6.07) is 0. The highest BCUT2D eigenvalue weighted by Crippen LogP contribution is 2.37. The minimum absolute atomic E-state index is 0.106. The van der Waals surface area contributed by atoms with Crippen LogP contribution in [0, 0.1) is 33.5 Å². The van der Waals surface area contributed by atoms with Crippen LogP contribution in [0.3, 0.4) is 0 Å². The lowest BCUT2D eigenvalue weighted by molar-refractivity contribution is -0.132. The van der Waals surface area contributed by atoms with E-state index in [-0.39, 0.29) is 23.2 Å². The summed E-state index contributed by atoms with van der Waals surface area (Å²) < 4.78 is 30.0. The standard InChI is InChI=1S/C19H22FN3O5/c1-9-10(2)12(4)16(28-18-14(20)17(25-5)21-8-22-18)13(11(9)3)15(23-27-7)19(24)26-6/h8H,1-7H3/b23-15+. The molecule has 0 saturated heterocycles. The van der Waals surface area contributed by atoms with Crippen molar-refractivity contribution in [1.82, 2.24) is 9.97 Å². The van der Waals surface area contributed by atoms with Crippen molar-refractivity contribution in [2.24, 2.45) is 5.16 Å². The lowest BCUT2D eigenvalue weighted by atomic mass is 9.91. The van der Waals surface area contributed by atoms with E-state index in [9.17, 15) is 9.18 Å². The molecule has 1 heterocycles. The predicted molar refractivity (Wildman–Crippen MR) is 99.6 cm³/mol. The van der Waals surface area contributed by atoms with E-state index in [1.165, 1.54) is 21.3 Å². The van der Waals surface area contributed by atoms with Crippen molar-refractivity contribution >= 4 is 11.7 Å². The van der Waals surface area contributed by atoms with Gasteiger partial charge in [-0.2, -0.15) is 14.4 Å². The maximum atomic E-state index is 14.6. The number of methoxy groups -OCH3 is 2. The Labute approximate surface area is 162 Å². The van der Waals surface area contributed by atoms with Crippen molar-refractivity contribution in [2.75, 3.05) is 21.3 Å². The van der Waals surface area contributed by atoms with Gasteiger partial charge in [0.15, 0.2) is 5.71 Å². The summed E-state index contributed by atoms with van der Waals surface area (Å²) in [5.41, 5.74) is 3.45. The van der Waals surface area contributed by atoms with Gasteiger partial charge in [-0.05, 0) is 49.9 Å². The first-order valence-corrected chi connectivity index (χ1v) is 8.30. The fourth-order valence-electron chi connectivity index (χ4n) is 2.71. The molecule has 0 N–H and O–H groups in total. The molecule has 0 saturated carbocycles. The molecule has 0 radical (unpaired) electrons. The first-order valence-electron chi connectivity index (χ1n) is 8.30. The Balaban J connectivity index is 2.80. The normalized spacial score (nSPS) is 11.2. The second-order valence-corrected chi connectivity index (χ2v) is 5.92. The first-order chi connectivity index (χ1) is 13.3. The maximum Gasteiger partial charge on any atom is 0.360 e. The number of rotatable bonds is 6. The van der Waals surface area contributed by atoms with Crippen LogP contribution in [0.1, 0.15) is 27.8 Å². The van der Waals surface area contributed by atoms with E-state index in [1.807, 2.05) is 13.8 Å². The largest absolute Gasteiger partial charge is 0.479 e. The van der Waals surface area contributed by atoms with Crippen LogP contribution < -0.4 is 9.47 Å². The molecule has 0 aliphatic rings. The molecule has 9 heteroatoms. The second-order valence-electron chi connectivity index (χ2n) is 5.92. The number of hydrogen-bond acceptors (Lipinski definition) is 8. The Morgan fingerprint density at radius 2 is 1.57 bits per heavy atom. The monoisotopic (exact) mass is 391 g/mol. The summed E-state index contributed by atoms with van der Waals surface area (Å²) in [5, 5.41) is 3.81. The highest BCUT2D eigenvalue weighted by molar-refractivity contribution is 6.44. The van der Waals surface area contributed by atoms with Crippen LogP contribution in [-0.2, 0) is 14.4 Å². The predicted octanol–water partition coefficient (Wildman–Crippen LogP) is 3.17. The van der Waals surface area contributed by atoms with Crippen LogP contribution in [0.5, 0.6) is 17.5 Å². The average molecular weight is 391 g/mol. The zero-order chi connectivity index (χ0) is 21.0. The third-order valence-electron chi connectivity index (χ3n) is 4.55. The van der Waals surface area contributed by atoms with Crippen molar-refractivity contribution in [2.45, 2.75) is 27.7 Å². The van der Waals surface area contributed by atoms with Crippen molar-refractivity contribution in [1.29, 1.82) is 0 Å². The van der Waals surface area contributed by atoms with Crippen LogP contribution in [0.2, 0.25) is 0 Å². The summed E-state index contributed by atoms with van der Waals surface area (Å²) in [7, 11) is 3.82. The van der Waals surface area contributed by atoms with E-state index in [1.54, 1.807) is 13.8 Å². The van der Waals surface area contributed by atoms with E-state index in [4.69, 9.17) is 19.0 Å². The number of nitrogens with zero attached hydrogens (tertiary/aromatic N) is 3. The van der Waals surface area contributed by atoms with Crippen molar-refractivity contribution in [3.05, 3.63) is 40.0 Å². The fraction of sp³-hybridized carbons (Fsp3) is 0.368. The van der Waals surface area contributed by atoms with E-state index >= 15 is 0 Å². The number of aromatic nitrogens is 2. The number of carbonyl (C=O) groups is 1. The number of halogens is 1. The van der Waals surface area contributed by atoms with Gasteiger partial charge in [-0.15, -0.1) is 0 Å². The highest BCUT2D eigenvalue weighted by atomic mass is 19.1. The molecule has 8 nitrogen and oxygen atoms in total. The Morgan fingerprint density at radius 1 is 0.964 bits per heavy atom. The molecule has 0 aliphatic carbocycles. The van der Waals surface area contributed by atoms with Crippen LogP contribution in [-0.4, -0.2) is 43.0 Å². The summed E-state index contributed by atoms with van der Waals surface area (Å²) in [4.78, 5) is 24.7. The summed E-state index contributed by atoms with van der Waals surface area (Å²) in [6.45, 7) is 7.39. The van der Waals surface area contributed by atoms with Gasteiger partial charge in [-0.3, -0.25) is 0 Å². The lowest BCUT2D eigenvalue weighted by Crippen LogP contribution is -2.21. The first kappa shape index (κ1) is 21.1. The zero-order valence-corrected chi connectivity index (χ0v) is 16.8. The number of ether oxygens (including phenoxy) is 3. The maximum absolute atomic E-state index is 14.6. The number of esters is 1. The molecule has 2 rings (SSSR count). The second kappa shape index (κ2) is 8.64. The van der Waals surface area contributed by atoms with Gasteiger partial charge in [0.2, 0.25) is 5.82 Å². The smallest absolute Gasteiger partial charge is 0.360 e. The van der Waals surface area contributed by atoms with Crippen molar-refractivity contribution in [3.63, 3.8) is 0 Å². The van der Waals surface area contributed by atoms with Gasteiger partial charge in [-0.25, -0.2) is 4.79 Å². The minimum Gasteiger partial charge on any atom is -0.479 e. The van der Waals surface area contributed by atoms with Gasteiger partial charge in [-0.1, -0.05) is 5.16 Å². The minimum atomic E-state index is -0.866. The zero-order valence-electron chi connectivity index (χ0n) is 16.8. The molecule has 2 aromatic rings. The van der Waals surface area contributed by atoms with Gasteiger partial charge in [0.1, 0.15) is 19.2 Å². The average Bonchev–Trinajstić information content (AvgIpc) is 2.70. The molecule has 0 amide bonds. The van der Waals surface area contributed by atoms with Gasteiger partial charge >= 0.3 is 5.97 Å². The number of carbonyl (C=O) groups excluding carboxylic acids is 1. The molecular formula is C19H22FN3O5. The summed E-state index contributed by atoms with van der Waals surface area (Å²) in [5.74, 6) is -1.99. The molecule has 0 fully saturated rings. The Bertz CT molecular complexity index is 944. The van der Waals surface area contributed by atoms with Gasteiger partial charge in [0.05, 0.1) is 19.8 Å². The molecule has 0 atom stereocenters. The number of hydrogen-bond donors (Lipinski definition) is 0. The molecule has 0 aliphatic heterocycles. The summed E-state index contributed by atoms with van der Waals surface area (Å²) >= 11 is 0. The molecule has 150 valence electrons. The third-order valence-corrected chi connectivity index (χ3v) is 4.55. The highest BCUT2D eigenvalue weighted by Gasteiger charge is 2.28. The lowest BCUT2D eigenvalue weighted by Gasteiger charge is -2.20. The summed E-state index contributed by atoms with van der Waals surface area (Å²) in [6.07, 6.45) is 1.12. The van der Waals surface area contributed by atoms with Gasteiger partial charge < -0.3 is 19.0 Å². The van der Waals surface area contributed by atoms with Crippen LogP contribution in [0.4, 0.5) is 4.39 Å². The molecule has 0 spiro atoms. The number of oxime groups is 1. The van der Waals surface area contributed by atoms with Crippen molar-refractivity contribution < 1.29 is 28.2 Å². The Kier molecular flexibility index (Phi) is 6.50. The topological polar surface area (TPSA) is 92.1 Å². The fourth-order valence-corrected chi connectivity index (χ4v) is 2.71. The molecule has 28 heavy (non-hydrogen) atoms. The van der Waals surface area contributed by atoms with Crippen LogP contribution in [0.25, 0.3) is 0 Å². The Hall–Kier alpha value is -3.23. The quantitative estimate of drug-likeness (QED) is 0.424. The van der Waals surface area contributed by atoms with Crippen LogP contribution >= 0.6 is 0 Å². The molecule has 1 aromatic heterocycles. The number of benzene rings is 1. The van der Waals surface area contributed by atoms with Crippen LogP contribution in [0.15, 0.2) is 11.5 Å². The van der Waals surface area contributed by atoms with Gasteiger partial charge in [0, 0.05) is 0 Å². The van der Waals surface area contributed by atoms with E-state index in [0.29, 0.717) is 16.7 Å².